The molecule has 1 aliphatic heterocycles. The van der Waals surface area contributed by atoms with E-state index >= 15 is 0 Å². The van der Waals surface area contributed by atoms with E-state index < -0.39 is 6.10 Å². The van der Waals surface area contributed by atoms with Crippen LogP contribution in [0.3, 0.4) is 0 Å². The van der Waals surface area contributed by atoms with Gasteiger partial charge in [0.2, 0.25) is 0 Å². The van der Waals surface area contributed by atoms with Gasteiger partial charge in [-0.25, -0.2) is 4.79 Å². The topological polar surface area (TPSA) is 49.8 Å². The summed E-state index contributed by atoms with van der Waals surface area (Å²) in [4.78, 5) is 14.0. The fourth-order valence-corrected chi connectivity index (χ4v) is 3.44. The summed E-state index contributed by atoms with van der Waals surface area (Å²) in [5.41, 5.74) is 1.85. The molecule has 5 heteroatoms. The number of piperidine rings is 1. The molecular weight excluding hydrogens is 382 g/mol. The van der Waals surface area contributed by atoms with E-state index in [9.17, 15) is 9.90 Å². The van der Waals surface area contributed by atoms with E-state index in [2.05, 4.69) is 15.9 Å². The van der Waals surface area contributed by atoms with E-state index in [0.717, 1.165) is 28.4 Å². The van der Waals surface area contributed by atoms with Gasteiger partial charge in [-0.15, -0.1) is 0 Å². The van der Waals surface area contributed by atoms with Crippen LogP contribution in [-0.4, -0.2) is 29.2 Å². The Bertz CT molecular complexity index is 690. The van der Waals surface area contributed by atoms with Crippen LogP contribution in [-0.2, 0) is 11.3 Å². The van der Waals surface area contributed by atoms with Crippen molar-refractivity contribution in [3.05, 3.63) is 70.2 Å². The van der Waals surface area contributed by atoms with Crippen LogP contribution in [0.2, 0.25) is 0 Å². The van der Waals surface area contributed by atoms with Gasteiger partial charge in [-0.2, -0.15) is 0 Å². The van der Waals surface area contributed by atoms with Gasteiger partial charge in [0.1, 0.15) is 6.61 Å². The van der Waals surface area contributed by atoms with Crippen LogP contribution in [0.1, 0.15) is 30.1 Å². The minimum Gasteiger partial charge on any atom is -0.445 e. The second kappa shape index (κ2) is 8.50. The van der Waals surface area contributed by atoms with Crippen molar-refractivity contribution in [2.75, 3.05) is 13.1 Å². The van der Waals surface area contributed by atoms with Crippen LogP contribution in [0.25, 0.3) is 0 Å². The van der Waals surface area contributed by atoms with Crippen molar-refractivity contribution < 1.29 is 14.6 Å². The fourth-order valence-electron chi connectivity index (χ4n) is 3.18. The molecule has 0 spiro atoms. The number of nitrogens with zero attached hydrogens (tertiary/aromatic N) is 1. The first-order valence-corrected chi connectivity index (χ1v) is 9.32. The maximum atomic E-state index is 12.3. The molecule has 2 unspecified atom stereocenters. The predicted octanol–water partition coefficient (Wildman–Crippen LogP) is 4.53. The largest absolute Gasteiger partial charge is 0.445 e. The van der Waals surface area contributed by atoms with Crippen molar-refractivity contribution in [1.82, 2.24) is 4.90 Å². The van der Waals surface area contributed by atoms with Crippen LogP contribution in [0.4, 0.5) is 4.79 Å². The van der Waals surface area contributed by atoms with Gasteiger partial charge in [0.25, 0.3) is 0 Å². The smallest absolute Gasteiger partial charge is 0.410 e. The summed E-state index contributed by atoms with van der Waals surface area (Å²) in [5.74, 6) is 0.0270. The SMILES string of the molecule is O=C(OCc1ccccc1)N1CCCC(C(O)c2ccc(Br)cc2)C1. The molecule has 4 nitrogen and oxygen atoms in total. The molecular formula is C20H22BrNO3. The third kappa shape index (κ3) is 4.83. The Balaban J connectivity index is 1.56. The molecule has 0 bridgehead atoms. The highest BCUT2D eigenvalue weighted by Crippen LogP contribution is 2.30. The number of halogens is 1. The molecule has 2 aromatic carbocycles. The van der Waals surface area contributed by atoms with Crippen molar-refractivity contribution in [2.45, 2.75) is 25.6 Å². The first kappa shape index (κ1) is 18.0. The standard InChI is InChI=1S/C20H22BrNO3/c21-18-10-8-16(9-11-18)19(23)17-7-4-12-22(13-17)20(24)25-14-15-5-2-1-3-6-15/h1-3,5-6,8-11,17,19,23H,4,7,12-14H2. The Morgan fingerprint density at radius 3 is 2.64 bits per heavy atom. The molecule has 0 radical (unpaired) electrons. The molecule has 2 atom stereocenters. The number of aliphatic hydroxyl groups is 1. The molecule has 1 saturated heterocycles. The van der Waals surface area contributed by atoms with E-state index in [1.807, 2.05) is 54.6 Å². The number of hydrogen-bond donors (Lipinski definition) is 1. The zero-order valence-electron chi connectivity index (χ0n) is 14.0. The summed E-state index contributed by atoms with van der Waals surface area (Å²) in [6, 6.07) is 17.3. The van der Waals surface area contributed by atoms with E-state index in [1.165, 1.54) is 0 Å². The predicted molar refractivity (Wildman–Crippen MR) is 100 cm³/mol. The lowest BCUT2D eigenvalue weighted by Crippen LogP contribution is -2.41. The molecule has 1 heterocycles. The van der Waals surface area contributed by atoms with Crippen molar-refractivity contribution in [3.8, 4) is 0 Å². The van der Waals surface area contributed by atoms with Crippen molar-refractivity contribution >= 4 is 22.0 Å². The maximum absolute atomic E-state index is 12.3. The fraction of sp³-hybridized carbons (Fsp3) is 0.350. The van der Waals surface area contributed by atoms with Crippen molar-refractivity contribution in [3.63, 3.8) is 0 Å². The lowest BCUT2D eigenvalue weighted by atomic mass is 9.89. The molecule has 1 amide bonds. The first-order valence-electron chi connectivity index (χ1n) is 8.52. The zero-order valence-corrected chi connectivity index (χ0v) is 15.6. The first-order chi connectivity index (χ1) is 12.1. The van der Waals surface area contributed by atoms with E-state index in [-0.39, 0.29) is 18.6 Å². The molecule has 1 aliphatic rings. The Hall–Kier alpha value is -1.85. The van der Waals surface area contributed by atoms with Crippen LogP contribution in [0, 0.1) is 5.92 Å². The van der Waals surface area contributed by atoms with Gasteiger partial charge in [-0.05, 0) is 36.1 Å². The van der Waals surface area contributed by atoms with Crippen LogP contribution in [0.5, 0.6) is 0 Å². The van der Waals surface area contributed by atoms with Crippen LogP contribution >= 0.6 is 15.9 Å². The van der Waals surface area contributed by atoms with Crippen LogP contribution < -0.4 is 0 Å². The van der Waals surface area contributed by atoms with Gasteiger partial charge >= 0.3 is 6.09 Å². The highest BCUT2D eigenvalue weighted by Gasteiger charge is 2.30. The quantitative estimate of drug-likeness (QED) is 0.815. The Labute approximate surface area is 156 Å². The number of rotatable bonds is 4. The minimum atomic E-state index is -0.571. The lowest BCUT2D eigenvalue weighted by molar-refractivity contribution is 0.0371. The van der Waals surface area contributed by atoms with Gasteiger partial charge in [0, 0.05) is 23.5 Å². The van der Waals surface area contributed by atoms with Gasteiger partial charge in [-0.1, -0.05) is 58.4 Å². The molecule has 0 saturated carbocycles. The minimum absolute atomic E-state index is 0.0270. The third-order valence-corrected chi connectivity index (χ3v) is 5.11. The zero-order chi connectivity index (χ0) is 17.6. The van der Waals surface area contributed by atoms with Crippen LogP contribution in [0.15, 0.2) is 59.1 Å². The number of hydrogen-bond acceptors (Lipinski definition) is 3. The molecule has 1 fully saturated rings. The highest BCUT2D eigenvalue weighted by molar-refractivity contribution is 9.10. The number of carbonyl (C=O) groups is 1. The van der Waals surface area contributed by atoms with Gasteiger partial charge in [0.05, 0.1) is 6.10 Å². The lowest BCUT2D eigenvalue weighted by Gasteiger charge is -2.34. The van der Waals surface area contributed by atoms with Crippen molar-refractivity contribution in [1.29, 1.82) is 0 Å². The molecule has 132 valence electrons. The highest BCUT2D eigenvalue weighted by atomic mass is 79.9. The Kier molecular flexibility index (Phi) is 6.10. The Morgan fingerprint density at radius 2 is 1.92 bits per heavy atom. The molecule has 0 aliphatic carbocycles. The summed E-state index contributed by atoms with van der Waals surface area (Å²) in [7, 11) is 0. The summed E-state index contributed by atoms with van der Waals surface area (Å²) < 4.78 is 6.40. The maximum Gasteiger partial charge on any atom is 0.410 e. The average Bonchev–Trinajstić information content (AvgIpc) is 2.67. The average molecular weight is 404 g/mol. The summed E-state index contributed by atoms with van der Waals surface area (Å²) >= 11 is 3.40. The molecule has 0 aromatic heterocycles. The molecule has 1 N–H and O–H groups in total. The number of likely N-dealkylation sites (tertiary alicyclic amines) is 1. The number of aliphatic hydroxyl groups excluding tert-OH is 1. The van der Waals surface area contributed by atoms with Gasteiger partial charge < -0.3 is 14.7 Å². The van der Waals surface area contributed by atoms with Crippen molar-refractivity contribution in [2.24, 2.45) is 5.92 Å². The Morgan fingerprint density at radius 1 is 1.20 bits per heavy atom. The number of amides is 1. The van der Waals surface area contributed by atoms with Gasteiger partial charge in [-0.3, -0.25) is 0 Å². The summed E-state index contributed by atoms with van der Waals surface area (Å²) in [5, 5.41) is 10.6. The second-order valence-electron chi connectivity index (χ2n) is 6.38. The number of ether oxygens (including phenoxy) is 1. The summed E-state index contributed by atoms with van der Waals surface area (Å²) in [6.45, 7) is 1.47. The number of benzene rings is 2. The monoisotopic (exact) mass is 403 g/mol. The van der Waals surface area contributed by atoms with E-state index in [1.54, 1.807) is 4.90 Å². The molecule has 3 rings (SSSR count). The second-order valence-corrected chi connectivity index (χ2v) is 7.30. The van der Waals surface area contributed by atoms with Gasteiger partial charge in [0.15, 0.2) is 0 Å². The molecule has 2 aromatic rings. The van der Waals surface area contributed by atoms with E-state index in [0.29, 0.717) is 13.1 Å². The molecule has 25 heavy (non-hydrogen) atoms. The third-order valence-electron chi connectivity index (χ3n) is 4.58. The van der Waals surface area contributed by atoms with E-state index in [4.69, 9.17) is 4.74 Å². The number of carbonyl (C=O) groups excluding carboxylic acids is 1. The summed E-state index contributed by atoms with van der Waals surface area (Å²) in [6.07, 6.45) is 0.896. The normalized spacial score (nSPS) is 18.6.